The van der Waals surface area contributed by atoms with Gasteiger partial charge in [0.1, 0.15) is 11.6 Å². The molecule has 0 unspecified atom stereocenters. The molecule has 17 heavy (non-hydrogen) atoms. The maximum absolute atomic E-state index is 13.6. The van der Waals surface area contributed by atoms with Crippen molar-refractivity contribution in [2.45, 2.75) is 0 Å². The molecule has 0 aliphatic heterocycles. The van der Waals surface area contributed by atoms with Crippen molar-refractivity contribution in [2.24, 2.45) is 0 Å². The molecule has 4 nitrogen and oxygen atoms in total. The van der Waals surface area contributed by atoms with Crippen molar-refractivity contribution < 1.29 is 18.7 Å². The van der Waals surface area contributed by atoms with Crippen molar-refractivity contribution in [3.8, 4) is 5.75 Å². The second-order valence-electron chi connectivity index (χ2n) is 3.51. The Labute approximate surface area is 107 Å². The molecule has 0 spiro atoms. The summed E-state index contributed by atoms with van der Waals surface area (Å²) >= 11 is 3.15. The number of carbonyl (C=O) groups is 1. The van der Waals surface area contributed by atoms with Gasteiger partial charge in [-0.1, -0.05) is 0 Å². The highest BCUT2D eigenvalue weighted by atomic mass is 79.9. The van der Waals surface area contributed by atoms with E-state index in [1.54, 1.807) is 14.1 Å². The van der Waals surface area contributed by atoms with Gasteiger partial charge in [-0.15, -0.1) is 0 Å². The van der Waals surface area contributed by atoms with Gasteiger partial charge in [-0.05, 0) is 28.1 Å². The number of hydrogen-bond donors (Lipinski definition) is 0. The molecule has 1 rings (SSSR count). The van der Waals surface area contributed by atoms with Crippen LogP contribution in [0.15, 0.2) is 16.6 Å². The minimum absolute atomic E-state index is 0.0276. The van der Waals surface area contributed by atoms with Crippen molar-refractivity contribution in [2.75, 3.05) is 28.0 Å². The molecule has 0 aliphatic carbocycles. The summed E-state index contributed by atoms with van der Waals surface area (Å²) in [6, 6.07) is 2.54. The Bertz CT molecular complexity index is 423. The first kappa shape index (κ1) is 13.9. The van der Waals surface area contributed by atoms with Gasteiger partial charge in [0.15, 0.2) is 6.79 Å². The van der Waals surface area contributed by atoms with Crippen LogP contribution in [0.25, 0.3) is 0 Å². The van der Waals surface area contributed by atoms with E-state index in [-0.39, 0.29) is 12.4 Å². The Morgan fingerprint density at radius 2 is 2.12 bits per heavy atom. The van der Waals surface area contributed by atoms with E-state index in [1.807, 2.05) is 0 Å². The highest BCUT2D eigenvalue weighted by Crippen LogP contribution is 2.28. The van der Waals surface area contributed by atoms with Crippen LogP contribution >= 0.6 is 15.9 Å². The zero-order chi connectivity index (χ0) is 13.0. The Morgan fingerprint density at radius 3 is 2.65 bits per heavy atom. The fraction of sp³-hybridized carbons (Fsp3) is 0.364. The van der Waals surface area contributed by atoms with Crippen molar-refractivity contribution in [3.63, 3.8) is 0 Å². The minimum atomic E-state index is -0.597. The summed E-state index contributed by atoms with van der Waals surface area (Å²) in [7, 11) is 4.59. The Morgan fingerprint density at radius 1 is 1.47 bits per heavy atom. The normalized spacial score (nSPS) is 10.2. The van der Waals surface area contributed by atoms with Crippen LogP contribution in [0.3, 0.4) is 0 Å². The highest BCUT2D eigenvalue weighted by molar-refractivity contribution is 9.10. The molecule has 0 fully saturated rings. The van der Waals surface area contributed by atoms with Gasteiger partial charge in [-0.25, -0.2) is 4.39 Å². The smallest absolute Gasteiger partial charge is 0.256 e. The van der Waals surface area contributed by atoms with E-state index in [2.05, 4.69) is 15.9 Å². The largest absolute Gasteiger partial charge is 0.466 e. The van der Waals surface area contributed by atoms with Gasteiger partial charge >= 0.3 is 0 Å². The third-order valence-corrected chi connectivity index (χ3v) is 2.61. The molecule has 1 aromatic carbocycles. The number of nitrogens with zero attached hydrogens (tertiary/aromatic N) is 1. The minimum Gasteiger partial charge on any atom is -0.466 e. The molecule has 0 aromatic heterocycles. The molecule has 0 N–H and O–H groups in total. The number of carbonyl (C=O) groups excluding carboxylic acids is 1. The summed E-state index contributed by atoms with van der Waals surface area (Å²) in [5.74, 6) is -0.656. The quantitative estimate of drug-likeness (QED) is 0.801. The topological polar surface area (TPSA) is 38.8 Å². The third kappa shape index (κ3) is 3.41. The van der Waals surface area contributed by atoms with E-state index in [0.29, 0.717) is 10.2 Å². The standard InChI is InChI=1S/C11H13BrFNO3/c1-14(2)11(15)7-4-10(17-6-16-3)8(12)5-9(7)13/h4-5H,6H2,1-3H3. The van der Waals surface area contributed by atoms with Crippen LogP contribution in [-0.2, 0) is 4.74 Å². The molecule has 0 aliphatic rings. The Kier molecular flexibility index (Phi) is 4.89. The summed E-state index contributed by atoms with van der Waals surface area (Å²) in [6.45, 7) is 0.0276. The number of hydrogen-bond acceptors (Lipinski definition) is 3. The average molecular weight is 306 g/mol. The second-order valence-corrected chi connectivity index (χ2v) is 4.37. The fourth-order valence-corrected chi connectivity index (χ4v) is 1.60. The van der Waals surface area contributed by atoms with Crippen LogP contribution in [0.1, 0.15) is 10.4 Å². The molecule has 0 atom stereocenters. The van der Waals surface area contributed by atoms with Gasteiger partial charge in [0.05, 0.1) is 10.0 Å². The SMILES string of the molecule is COCOc1cc(C(=O)N(C)C)c(F)cc1Br. The molecule has 0 radical (unpaired) electrons. The van der Waals surface area contributed by atoms with Gasteiger partial charge in [0, 0.05) is 21.2 Å². The first-order valence-electron chi connectivity index (χ1n) is 4.79. The number of methoxy groups -OCH3 is 1. The summed E-state index contributed by atoms with van der Waals surface area (Å²) in [5.41, 5.74) is -0.0377. The Balaban J connectivity index is 3.10. The number of benzene rings is 1. The molecule has 0 saturated carbocycles. The lowest BCUT2D eigenvalue weighted by Crippen LogP contribution is -2.23. The lowest BCUT2D eigenvalue weighted by Gasteiger charge is -2.13. The van der Waals surface area contributed by atoms with Crippen molar-refractivity contribution in [3.05, 3.63) is 28.0 Å². The monoisotopic (exact) mass is 305 g/mol. The maximum Gasteiger partial charge on any atom is 0.256 e. The van der Waals surface area contributed by atoms with Gasteiger partial charge in [-0.2, -0.15) is 0 Å². The molecular formula is C11H13BrFNO3. The molecule has 0 saturated heterocycles. The van der Waals surface area contributed by atoms with Gasteiger partial charge in [0.25, 0.3) is 5.91 Å². The molecule has 1 amide bonds. The molecule has 1 aromatic rings. The predicted octanol–water partition coefficient (Wildman–Crippen LogP) is 2.27. The van der Waals surface area contributed by atoms with Crippen LogP contribution in [0.4, 0.5) is 4.39 Å². The van der Waals surface area contributed by atoms with E-state index in [4.69, 9.17) is 9.47 Å². The van der Waals surface area contributed by atoms with E-state index in [9.17, 15) is 9.18 Å². The van der Waals surface area contributed by atoms with E-state index in [0.717, 1.165) is 0 Å². The third-order valence-electron chi connectivity index (χ3n) is 1.99. The second kappa shape index (κ2) is 5.97. The van der Waals surface area contributed by atoms with Crippen molar-refractivity contribution >= 4 is 21.8 Å². The number of halogens is 2. The van der Waals surface area contributed by atoms with Crippen LogP contribution in [0.2, 0.25) is 0 Å². The summed E-state index contributed by atoms with van der Waals surface area (Å²) in [6.07, 6.45) is 0. The van der Waals surface area contributed by atoms with E-state index >= 15 is 0 Å². The van der Waals surface area contributed by atoms with Gasteiger partial charge in [-0.3, -0.25) is 4.79 Å². The first-order chi connectivity index (χ1) is 7.97. The van der Waals surface area contributed by atoms with E-state index < -0.39 is 11.7 Å². The van der Waals surface area contributed by atoms with Gasteiger partial charge < -0.3 is 14.4 Å². The van der Waals surface area contributed by atoms with Crippen molar-refractivity contribution in [1.29, 1.82) is 0 Å². The molecule has 0 heterocycles. The average Bonchev–Trinajstić information content (AvgIpc) is 2.27. The summed E-state index contributed by atoms with van der Waals surface area (Å²) in [4.78, 5) is 13.0. The van der Waals surface area contributed by atoms with E-state index in [1.165, 1.54) is 24.1 Å². The molecule has 94 valence electrons. The van der Waals surface area contributed by atoms with Crippen molar-refractivity contribution in [1.82, 2.24) is 4.90 Å². The first-order valence-corrected chi connectivity index (χ1v) is 5.59. The zero-order valence-electron chi connectivity index (χ0n) is 9.79. The maximum atomic E-state index is 13.6. The molecule has 6 heteroatoms. The zero-order valence-corrected chi connectivity index (χ0v) is 11.4. The summed E-state index contributed by atoms with van der Waals surface area (Å²) in [5, 5.41) is 0. The van der Waals surface area contributed by atoms with Crippen LogP contribution in [0.5, 0.6) is 5.75 Å². The number of amides is 1. The number of rotatable bonds is 4. The van der Waals surface area contributed by atoms with Gasteiger partial charge in [0.2, 0.25) is 0 Å². The summed E-state index contributed by atoms with van der Waals surface area (Å²) < 4.78 is 24.0. The lowest BCUT2D eigenvalue weighted by atomic mass is 10.2. The predicted molar refractivity (Wildman–Crippen MR) is 64.6 cm³/mol. The number of ether oxygens (including phenoxy) is 2. The highest BCUT2D eigenvalue weighted by Gasteiger charge is 2.17. The lowest BCUT2D eigenvalue weighted by molar-refractivity contribution is 0.0503. The van der Waals surface area contributed by atoms with Crippen LogP contribution < -0.4 is 4.74 Å². The fourth-order valence-electron chi connectivity index (χ4n) is 1.17. The molecule has 0 bridgehead atoms. The molecular weight excluding hydrogens is 293 g/mol. The van der Waals surface area contributed by atoms with Crippen LogP contribution in [-0.4, -0.2) is 38.8 Å². The van der Waals surface area contributed by atoms with Crippen LogP contribution in [0, 0.1) is 5.82 Å². The Hall–Kier alpha value is -1.14.